The van der Waals surface area contributed by atoms with Crippen molar-refractivity contribution in [2.24, 2.45) is 4.99 Å². The quantitative estimate of drug-likeness (QED) is 0.537. The molecule has 1 heterocycles. The second kappa shape index (κ2) is 11.5. The van der Waals surface area contributed by atoms with Gasteiger partial charge in [-0.3, -0.25) is 0 Å². The molecule has 1 saturated heterocycles. The van der Waals surface area contributed by atoms with Crippen LogP contribution < -0.4 is 10.1 Å². The van der Waals surface area contributed by atoms with Crippen LogP contribution in [0.4, 0.5) is 0 Å². The number of benzene rings is 2. The van der Waals surface area contributed by atoms with Crippen LogP contribution >= 0.6 is 0 Å². The van der Waals surface area contributed by atoms with Crippen molar-refractivity contribution in [1.29, 1.82) is 0 Å². The van der Waals surface area contributed by atoms with Crippen LogP contribution in [0.5, 0.6) is 5.75 Å². The number of nitrogens with zero attached hydrogens (tertiary/aromatic N) is 2. The van der Waals surface area contributed by atoms with Gasteiger partial charge in [-0.05, 0) is 49.9 Å². The van der Waals surface area contributed by atoms with Gasteiger partial charge in [-0.2, -0.15) is 0 Å². The molecule has 0 atom stereocenters. The lowest BCUT2D eigenvalue weighted by atomic mass is 10.1. The SMILES string of the molecule is CCNC(=NCc1ccccc1COc1ccccc1)N1CCC(OCC)CC1. The first-order chi connectivity index (χ1) is 14.3. The third-order valence-corrected chi connectivity index (χ3v) is 5.13. The Labute approximate surface area is 174 Å². The fraction of sp³-hybridized carbons (Fsp3) is 0.458. The molecule has 0 amide bonds. The number of nitrogens with one attached hydrogen (secondary N) is 1. The third-order valence-electron chi connectivity index (χ3n) is 5.13. The molecule has 1 aliphatic heterocycles. The summed E-state index contributed by atoms with van der Waals surface area (Å²) in [5.74, 6) is 1.87. The van der Waals surface area contributed by atoms with Crippen LogP contribution in [-0.4, -0.2) is 43.2 Å². The van der Waals surface area contributed by atoms with Gasteiger partial charge in [-0.25, -0.2) is 4.99 Å². The Morgan fingerprint density at radius 3 is 2.38 bits per heavy atom. The van der Waals surface area contributed by atoms with Crippen molar-refractivity contribution >= 4 is 5.96 Å². The van der Waals surface area contributed by atoms with Crippen LogP contribution in [0.2, 0.25) is 0 Å². The second-order valence-corrected chi connectivity index (χ2v) is 7.18. The van der Waals surface area contributed by atoms with E-state index in [1.165, 1.54) is 11.1 Å². The lowest BCUT2D eigenvalue weighted by molar-refractivity contribution is 0.0263. The number of rotatable bonds is 8. The van der Waals surface area contributed by atoms with Crippen LogP contribution in [0.15, 0.2) is 59.6 Å². The topological polar surface area (TPSA) is 46.1 Å². The number of likely N-dealkylation sites (tertiary alicyclic amines) is 1. The molecule has 0 unspecified atom stereocenters. The lowest BCUT2D eigenvalue weighted by Gasteiger charge is -2.34. The molecule has 5 nitrogen and oxygen atoms in total. The first-order valence-corrected chi connectivity index (χ1v) is 10.7. The average molecular weight is 396 g/mol. The van der Waals surface area contributed by atoms with Gasteiger partial charge in [0.1, 0.15) is 12.4 Å². The van der Waals surface area contributed by atoms with E-state index in [2.05, 4.69) is 48.3 Å². The summed E-state index contributed by atoms with van der Waals surface area (Å²) in [4.78, 5) is 7.28. The van der Waals surface area contributed by atoms with E-state index < -0.39 is 0 Å². The van der Waals surface area contributed by atoms with Crippen LogP contribution in [-0.2, 0) is 17.9 Å². The lowest BCUT2D eigenvalue weighted by Crippen LogP contribution is -2.47. The number of hydrogen-bond donors (Lipinski definition) is 1. The van der Waals surface area contributed by atoms with Crippen LogP contribution in [0.1, 0.15) is 37.8 Å². The van der Waals surface area contributed by atoms with Gasteiger partial charge in [0, 0.05) is 26.2 Å². The Balaban J connectivity index is 1.63. The van der Waals surface area contributed by atoms with Crippen molar-refractivity contribution < 1.29 is 9.47 Å². The van der Waals surface area contributed by atoms with Gasteiger partial charge >= 0.3 is 0 Å². The van der Waals surface area contributed by atoms with Gasteiger partial charge in [0.25, 0.3) is 0 Å². The van der Waals surface area contributed by atoms with E-state index in [-0.39, 0.29) is 0 Å². The summed E-state index contributed by atoms with van der Waals surface area (Å²) in [6.45, 7) is 8.99. The number of para-hydroxylation sites is 1. The molecule has 5 heteroatoms. The number of ether oxygens (including phenoxy) is 2. The smallest absolute Gasteiger partial charge is 0.194 e. The maximum absolute atomic E-state index is 5.95. The highest BCUT2D eigenvalue weighted by atomic mass is 16.5. The standard InChI is InChI=1S/C24H33N3O2/c1-3-25-24(27-16-14-23(15-17-27)28-4-2)26-18-20-10-8-9-11-21(20)19-29-22-12-6-5-7-13-22/h5-13,23H,3-4,14-19H2,1-2H3,(H,25,26). The molecular formula is C24H33N3O2. The molecule has 2 aromatic rings. The summed E-state index contributed by atoms with van der Waals surface area (Å²) in [5, 5.41) is 3.45. The van der Waals surface area contributed by atoms with E-state index in [1.54, 1.807) is 0 Å². The molecule has 0 aromatic heterocycles. The Morgan fingerprint density at radius 1 is 1.00 bits per heavy atom. The van der Waals surface area contributed by atoms with Crippen molar-refractivity contribution in [1.82, 2.24) is 10.2 Å². The highest BCUT2D eigenvalue weighted by Gasteiger charge is 2.21. The minimum atomic E-state index is 0.384. The van der Waals surface area contributed by atoms with Gasteiger partial charge in [0.05, 0.1) is 12.6 Å². The molecule has 0 radical (unpaired) electrons. The first-order valence-electron chi connectivity index (χ1n) is 10.7. The van der Waals surface area contributed by atoms with Crippen LogP contribution in [0.25, 0.3) is 0 Å². The van der Waals surface area contributed by atoms with Gasteiger partial charge in [0.2, 0.25) is 0 Å². The van der Waals surface area contributed by atoms with E-state index in [0.717, 1.165) is 50.8 Å². The summed E-state index contributed by atoms with van der Waals surface area (Å²) >= 11 is 0. The predicted octanol–water partition coefficient (Wildman–Crippen LogP) is 4.23. The fourth-order valence-corrected chi connectivity index (χ4v) is 3.59. The number of piperidine rings is 1. The monoisotopic (exact) mass is 395 g/mol. The van der Waals surface area contributed by atoms with Crippen molar-refractivity contribution in [2.75, 3.05) is 26.2 Å². The zero-order valence-corrected chi connectivity index (χ0v) is 17.6. The van der Waals surface area contributed by atoms with E-state index in [4.69, 9.17) is 14.5 Å². The summed E-state index contributed by atoms with van der Waals surface area (Å²) in [6, 6.07) is 18.3. The molecule has 0 aliphatic carbocycles. The maximum Gasteiger partial charge on any atom is 0.194 e. The molecule has 1 N–H and O–H groups in total. The summed E-state index contributed by atoms with van der Waals surface area (Å²) < 4.78 is 11.7. The minimum Gasteiger partial charge on any atom is -0.489 e. The van der Waals surface area contributed by atoms with Gasteiger partial charge < -0.3 is 19.7 Å². The van der Waals surface area contributed by atoms with Crippen molar-refractivity contribution in [3.05, 3.63) is 65.7 Å². The maximum atomic E-state index is 5.95. The predicted molar refractivity (Wildman–Crippen MR) is 118 cm³/mol. The molecule has 29 heavy (non-hydrogen) atoms. The molecular weight excluding hydrogens is 362 g/mol. The number of hydrogen-bond acceptors (Lipinski definition) is 3. The Bertz CT molecular complexity index is 756. The van der Waals surface area contributed by atoms with Crippen molar-refractivity contribution in [3.63, 3.8) is 0 Å². The molecule has 0 spiro atoms. The van der Waals surface area contributed by atoms with Crippen molar-refractivity contribution in [2.45, 2.75) is 45.9 Å². The third kappa shape index (κ3) is 6.50. The highest BCUT2D eigenvalue weighted by molar-refractivity contribution is 5.80. The average Bonchev–Trinajstić information content (AvgIpc) is 2.77. The molecule has 1 fully saturated rings. The van der Waals surface area contributed by atoms with Crippen LogP contribution in [0, 0.1) is 0 Å². The van der Waals surface area contributed by atoms with Crippen molar-refractivity contribution in [3.8, 4) is 5.75 Å². The first kappa shape index (κ1) is 21.2. The number of guanidine groups is 1. The molecule has 0 bridgehead atoms. The highest BCUT2D eigenvalue weighted by Crippen LogP contribution is 2.17. The zero-order valence-electron chi connectivity index (χ0n) is 17.6. The van der Waals surface area contributed by atoms with Crippen LogP contribution in [0.3, 0.4) is 0 Å². The fourth-order valence-electron chi connectivity index (χ4n) is 3.59. The molecule has 1 aliphatic rings. The van der Waals surface area contributed by atoms with Gasteiger partial charge in [-0.15, -0.1) is 0 Å². The molecule has 0 saturated carbocycles. The summed E-state index contributed by atoms with van der Waals surface area (Å²) in [5.41, 5.74) is 2.37. The van der Waals surface area contributed by atoms with E-state index in [1.807, 2.05) is 30.3 Å². The molecule has 156 valence electrons. The van der Waals surface area contributed by atoms with E-state index >= 15 is 0 Å². The normalized spacial score (nSPS) is 15.4. The van der Waals surface area contributed by atoms with E-state index in [9.17, 15) is 0 Å². The number of aliphatic imine (C=N–C) groups is 1. The summed E-state index contributed by atoms with van der Waals surface area (Å²) in [6.07, 6.45) is 2.49. The molecule has 3 rings (SSSR count). The second-order valence-electron chi connectivity index (χ2n) is 7.18. The largest absolute Gasteiger partial charge is 0.489 e. The Hall–Kier alpha value is -2.53. The molecule has 2 aromatic carbocycles. The Morgan fingerprint density at radius 2 is 1.69 bits per heavy atom. The van der Waals surface area contributed by atoms with E-state index in [0.29, 0.717) is 19.3 Å². The minimum absolute atomic E-state index is 0.384. The van der Waals surface area contributed by atoms with Gasteiger partial charge in [0.15, 0.2) is 5.96 Å². The van der Waals surface area contributed by atoms with Gasteiger partial charge in [-0.1, -0.05) is 42.5 Å². The zero-order chi connectivity index (χ0) is 20.3. The summed E-state index contributed by atoms with van der Waals surface area (Å²) in [7, 11) is 0. The Kier molecular flexibility index (Phi) is 8.38.